The quantitative estimate of drug-likeness (QED) is 0.860. The maximum absolute atomic E-state index is 5.26. The number of hydrogen-bond donors (Lipinski definition) is 1. The lowest BCUT2D eigenvalue weighted by molar-refractivity contribution is 0.358. The van der Waals surface area contributed by atoms with Gasteiger partial charge in [-0.25, -0.2) is 0 Å². The fourth-order valence-electron chi connectivity index (χ4n) is 2.09. The van der Waals surface area contributed by atoms with Crippen LogP contribution in [0, 0.1) is 5.92 Å². The van der Waals surface area contributed by atoms with Crippen molar-refractivity contribution in [1.82, 2.24) is 20.4 Å². The summed E-state index contributed by atoms with van der Waals surface area (Å²) in [6, 6.07) is 3.80. The Morgan fingerprint density at radius 2 is 2.47 bits per heavy atom. The summed E-state index contributed by atoms with van der Waals surface area (Å²) >= 11 is 0. The average molecular weight is 230 g/mol. The lowest BCUT2D eigenvalue weighted by Gasteiger charge is -2.01. The fourth-order valence-corrected chi connectivity index (χ4v) is 2.09. The van der Waals surface area contributed by atoms with E-state index in [2.05, 4.69) is 20.4 Å². The topological polar surface area (TPSA) is 63.8 Å². The monoisotopic (exact) mass is 230 g/mol. The van der Waals surface area contributed by atoms with Gasteiger partial charge in [0.25, 0.3) is 0 Å². The molecule has 88 valence electrons. The van der Waals surface area contributed by atoms with Crippen LogP contribution in [0.2, 0.25) is 0 Å². The van der Waals surface area contributed by atoms with Crippen LogP contribution in [0.15, 0.2) is 29.0 Å². The first-order chi connectivity index (χ1) is 8.42. The van der Waals surface area contributed by atoms with Crippen molar-refractivity contribution >= 4 is 0 Å². The van der Waals surface area contributed by atoms with Gasteiger partial charge in [0.15, 0.2) is 0 Å². The molecular formula is C12H14N4O. The molecule has 1 unspecified atom stereocenters. The van der Waals surface area contributed by atoms with Gasteiger partial charge in [-0.05, 0) is 37.6 Å². The third-order valence-electron chi connectivity index (χ3n) is 3.01. The van der Waals surface area contributed by atoms with Crippen LogP contribution in [0.5, 0.6) is 0 Å². The van der Waals surface area contributed by atoms with Crippen LogP contribution in [0.1, 0.15) is 12.3 Å². The van der Waals surface area contributed by atoms with Crippen LogP contribution in [0.25, 0.3) is 11.4 Å². The molecule has 1 fully saturated rings. The van der Waals surface area contributed by atoms with Gasteiger partial charge in [-0.2, -0.15) is 4.98 Å². The summed E-state index contributed by atoms with van der Waals surface area (Å²) in [6.07, 6.45) is 5.52. The molecule has 1 saturated heterocycles. The molecule has 0 radical (unpaired) electrons. The van der Waals surface area contributed by atoms with E-state index in [-0.39, 0.29) is 0 Å². The number of hydrogen-bond acceptors (Lipinski definition) is 5. The number of nitrogens with zero attached hydrogens (tertiary/aromatic N) is 3. The van der Waals surface area contributed by atoms with Gasteiger partial charge in [0.1, 0.15) is 0 Å². The van der Waals surface area contributed by atoms with Gasteiger partial charge in [-0.3, -0.25) is 4.98 Å². The van der Waals surface area contributed by atoms with E-state index in [1.807, 2.05) is 12.1 Å². The smallest absolute Gasteiger partial charge is 0.227 e. The SMILES string of the molecule is c1cncc(-c2noc(CC3CCNC3)n2)c1. The summed E-state index contributed by atoms with van der Waals surface area (Å²) in [5.74, 6) is 1.97. The zero-order valence-electron chi connectivity index (χ0n) is 9.47. The molecule has 2 aromatic heterocycles. The molecule has 1 N–H and O–H groups in total. The molecule has 17 heavy (non-hydrogen) atoms. The molecule has 0 aromatic carbocycles. The summed E-state index contributed by atoms with van der Waals surface area (Å²) in [5.41, 5.74) is 0.895. The van der Waals surface area contributed by atoms with Crippen molar-refractivity contribution in [3.8, 4) is 11.4 Å². The van der Waals surface area contributed by atoms with Crippen molar-refractivity contribution in [2.75, 3.05) is 13.1 Å². The highest BCUT2D eigenvalue weighted by atomic mass is 16.5. The number of rotatable bonds is 3. The molecule has 5 nitrogen and oxygen atoms in total. The standard InChI is InChI=1S/C12H14N4O/c1-2-10(8-13-4-1)12-15-11(17-16-12)6-9-3-5-14-7-9/h1-2,4,8-9,14H,3,5-7H2. The van der Waals surface area contributed by atoms with Gasteiger partial charge in [0.2, 0.25) is 11.7 Å². The second-order valence-electron chi connectivity index (χ2n) is 4.32. The predicted molar refractivity (Wildman–Crippen MR) is 62.2 cm³/mol. The summed E-state index contributed by atoms with van der Waals surface area (Å²) in [5, 5.41) is 7.31. The number of nitrogens with one attached hydrogen (secondary N) is 1. The average Bonchev–Trinajstić information content (AvgIpc) is 3.02. The first-order valence-electron chi connectivity index (χ1n) is 5.85. The minimum absolute atomic E-state index is 0.622. The van der Waals surface area contributed by atoms with E-state index in [4.69, 9.17) is 4.52 Å². The zero-order chi connectivity index (χ0) is 11.5. The van der Waals surface area contributed by atoms with E-state index >= 15 is 0 Å². The van der Waals surface area contributed by atoms with E-state index in [9.17, 15) is 0 Å². The molecule has 0 bridgehead atoms. The fraction of sp³-hybridized carbons (Fsp3) is 0.417. The van der Waals surface area contributed by atoms with Crippen molar-refractivity contribution in [3.63, 3.8) is 0 Å². The van der Waals surface area contributed by atoms with E-state index in [1.165, 1.54) is 6.42 Å². The Hall–Kier alpha value is -1.75. The molecule has 0 spiro atoms. The Bertz CT molecular complexity index is 476. The zero-order valence-corrected chi connectivity index (χ0v) is 9.47. The molecule has 0 amide bonds. The van der Waals surface area contributed by atoms with E-state index in [1.54, 1.807) is 12.4 Å². The summed E-state index contributed by atoms with van der Waals surface area (Å²) in [7, 11) is 0. The maximum atomic E-state index is 5.26. The molecule has 3 heterocycles. The predicted octanol–water partition coefficient (Wildman–Crippen LogP) is 1.28. The highest BCUT2D eigenvalue weighted by Gasteiger charge is 2.18. The summed E-state index contributed by atoms with van der Waals surface area (Å²) in [6.45, 7) is 2.14. The molecule has 1 atom stereocenters. The molecule has 0 aliphatic carbocycles. The molecule has 2 aromatic rings. The maximum Gasteiger partial charge on any atom is 0.227 e. The van der Waals surface area contributed by atoms with Gasteiger partial charge in [0, 0.05) is 24.4 Å². The Balaban J connectivity index is 1.74. The molecule has 3 rings (SSSR count). The van der Waals surface area contributed by atoms with Crippen molar-refractivity contribution in [2.24, 2.45) is 5.92 Å². The summed E-state index contributed by atoms with van der Waals surface area (Å²) in [4.78, 5) is 8.44. The minimum atomic E-state index is 0.622. The Kier molecular flexibility index (Phi) is 2.83. The van der Waals surface area contributed by atoms with Crippen molar-refractivity contribution in [3.05, 3.63) is 30.4 Å². The van der Waals surface area contributed by atoms with Crippen molar-refractivity contribution in [2.45, 2.75) is 12.8 Å². The van der Waals surface area contributed by atoms with Crippen LogP contribution in [-0.2, 0) is 6.42 Å². The highest BCUT2D eigenvalue weighted by Crippen LogP contribution is 2.17. The van der Waals surface area contributed by atoms with Gasteiger partial charge in [-0.15, -0.1) is 0 Å². The van der Waals surface area contributed by atoms with Crippen LogP contribution in [0.3, 0.4) is 0 Å². The van der Waals surface area contributed by atoms with Crippen molar-refractivity contribution in [1.29, 1.82) is 0 Å². The third kappa shape index (κ3) is 2.34. The van der Waals surface area contributed by atoms with Gasteiger partial charge in [-0.1, -0.05) is 5.16 Å². The first-order valence-corrected chi connectivity index (χ1v) is 5.85. The number of pyridine rings is 1. The minimum Gasteiger partial charge on any atom is -0.339 e. The molecule has 5 heteroatoms. The van der Waals surface area contributed by atoms with E-state index in [0.29, 0.717) is 11.7 Å². The Morgan fingerprint density at radius 1 is 1.47 bits per heavy atom. The molecule has 0 saturated carbocycles. The normalized spacial score (nSPS) is 19.6. The lowest BCUT2D eigenvalue weighted by atomic mass is 10.1. The van der Waals surface area contributed by atoms with Crippen LogP contribution in [0.4, 0.5) is 0 Å². The molecular weight excluding hydrogens is 216 g/mol. The molecule has 1 aliphatic rings. The number of aromatic nitrogens is 3. The van der Waals surface area contributed by atoms with Crippen LogP contribution < -0.4 is 5.32 Å². The summed E-state index contributed by atoms with van der Waals surface area (Å²) < 4.78 is 5.26. The Labute approximate surface area is 99.3 Å². The second-order valence-corrected chi connectivity index (χ2v) is 4.32. The van der Waals surface area contributed by atoms with E-state index in [0.717, 1.165) is 31.0 Å². The van der Waals surface area contributed by atoms with Crippen molar-refractivity contribution < 1.29 is 4.52 Å². The van der Waals surface area contributed by atoms with Gasteiger partial charge in [0.05, 0.1) is 0 Å². The van der Waals surface area contributed by atoms with Gasteiger partial charge < -0.3 is 9.84 Å². The van der Waals surface area contributed by atoms with Crippen LogP contribution in [-0.4, -0.2) is 28.2 Å². The Morgan fingerprint density at radius 3 is 3.24 bits per heavy atom. The van der Waals surface area contributed by atoms with E-state index < -0.39 is 0 Å². The van der Waals surface area contributed by atoms with Crippen LogP contribution >= 0.6 is 0 Å². The lowest BCUT2D eigenvalue weighted by Crippen LogP contribution is -2.10. The largest absolute Gasteiger partial charge is 0.339 e. The molecule has 1 aliphatic heterocycles. The highest BCUT2D eigenvalue weighted by molar-refractivity contribution is 5.51. The third-order valence-corrected chi connectivity index (χ3v) is 3.01. The van der Waals surface area contributed by atoms with Gasteiger partial charge >= 0.3 is 0 Å². The second kappa shape index (κ2) is 4.63. The first kappa shape index (κ1) is 10.4.